The fourth-order valence-corrected chi connectivity index (χ4v) is 1.65. The molecule has 16 heavy (non-hydrogen) atoms. The zero-order valence-electron chi connectivity index (χ0n) is 8.61. The van der Waals surface area contributed by atoms with E-state index in [0.717, 1.165) is 0 Å². The Bertz CT molecular complexity index is 441. The number of ether oxygens (including phenoxy) is 2. The minimum Gasteiger partial charge on any atom is -0.506 e. The topological polar surface area (TPSA) is 72.8 Å². The molecule has 1 N–H and O–H groups in total. The molecule has 0 aliphatic carbocycles. The summed E-state index contributed by atoms with van der Waals surface area (Å²) in [6, 6.07) is 1.38. The number of carbonyl (C=O) groups excluding carboxylic acids is 2. The summed E-state index contributed by atoms with van der Waals surface area (Å²) in [4.78, 5) is 22.3. The highest BCUT2D eigenvalue weighted by atomic mass is 79.9. The normalized spacial score (nSPS) is 9.69. The molecule has 0 amide bonds. The number of esters is 1. The summed E-state index contributed by atoms with van der Waals surface area (Å²) in [5.41, 5.74) is -0.265. The number of halogens is 1. The fraction of sp³-hybridized carbons (Fsp3) is 0.200. The molecule has 0 aromatic heterocycles. The highest BCUT2D eigenvalue weighted by Gasteiger charge is 2.23. The average molecular weight is 289 g/mol. The zero-order chi connectivity index (χ0) is 12.3. The predicted molar refractivity (Wildman–Crippen MR) is 59.1 cm³/mol. The van der Waals surface area contributed by atoms with E-state index in [9.17, 15) is 14.7 Å². The Kier molecular flexibility index (Phi) is 3.89. The molecule has 0 atom stereocenters. The number of aromatic hydroxyl groups is 1. The molecule has 1 aromatic carbocycles. The summed E-state index contributed by atoms with van der Waals surface area (Å²) < 4.78 is 9.72. The van der Waals surface area contributed by atoms with Gasteiger partial charge in [-0.05, 0) is 22.0 Å². The van der Waals surface area contributed by atoms with E-state index in [-0.39, 0.29) is 27.1 Å². The van der Waals surface area contributed by atoms with Gasteiger partial charge in [0.2, 0.25) is 0 Å². The van der Waals surface area contributed by atoms with Crippen molar-refractivity contribution < 1.29 is 24.2 Å². The highest BCUT2D eigenvalue weighted by Crippen LogP contribution is 2.36. The Balaban J connectivity index is 3.59. The molecule has 0 saturated carbocycles. The summed E-state index contributed by atoms with van der Waals surface area (Å²) >= 11 is 3.04. The van der Waals surface area contributed by atoms with Crippen LogP contribution < -0.4 is 4.74 Å². The Hall–Kier alpha value is -1.56. The molecule has 5 nitrogen and oxygen atoms in total. The van der Waals surface area contributed by atoms with Crippen LogP contribution in [-0.2, 0) is 4.74 Å². The van der Waals surface area contributed by atoms with Crippen molar-refractivity contribution in [3.8, 4) is 11.5 Å². The van der Waals surface area contributed by atoms with E-state index in [2.05, 4.69) is 20.7 Å². The molecular formula is C10H9BrO5. The van der Waals surface area contributed by atoms with Crippen molar-refractivity contribution in [1.82, 2.24) is 0 Å². The van der Waals surface area contributed by atoms with Gasteiger partial charge in [-0.15, -0.1) is 0 Å². The first-order chi connectivity index (χ1) is 7.56. The first-order valence-electron chi connectivity index (χ1n) is 4.19. The molecule has 0 spiro atoms. The minimum absolute atomic E-state index is 0.0966. The number of aldehydes is 1. The number of rotatable bonds is 3. The summed E-state index contributed by atoms with van der Waals surface area (Å²) in [5.74, 6) is -0.920. The van der Waals surface area contributed by atoms with Gasteiger partial charge in [-0.3, -0.25) is 4.79 Å². The third kappa shape index (κ3) is 2.01. The number of phenolic OH excluding ortho intramolecular Hbond substituents is 1. The Morgan fingerprint density at radius 1 is 1.50 bits per heavy atom. The van der Waals surface area contributed by atoms with E-state index in [1.54, 1.807) is 0 Å². The second-order valence-electron chi connectivity index (χ2n) is 2.81. The molecule has 1 rings (SSSR count). The third-order valence-electron chi connectivity index (χ3n) is 1.98. The Labute approximate surface area is 100 Å². The number of phenols is 1. The lowest BCUT2D eigenvalue weighted by atomic mass is 10.1. The van der Waals surface area contributed by atoms with E-state index in [1.165, 1.54) is 20.3 Å². The maximum absolute atomic E-state index is 11.4. The third-order valence-corrected chi connectivity index (χ3v) is 2.59. The second kappa shape index (κ2) is 4.98. The monoisotopic (exact) mass is 288 g/mol. The lowest BCUT2D eigenvalue weighted by Gasteiger charge is -2.11. The van der Waals surface area contributed by atoms with E-state index in [4.69, 9.17) is 4.74 Å². The van der Waals surface area contributed by atoms with Gasteiger partial charge < -0.3 is 14.6 Å². The van der Waals surface area contributed by atoms with Crippen LogP contribution in [0.5, 0.6) is 11.5 Å². The SMILES string of the molecule is COC(=O)c1c(OC)cc(Br)c(O)c1C=O. The second-order valence-corrected chi connectivity index (χ2v) is 3.66. The first-order valence-corrected chi connectivity index (χ1v) is 4.99. The van der Waals surface area contributed by atoms with Gasteiger partial charge in [0.05, 0.1) is 24.3 Å². The largest absolute Gasteiger partial charge is 0.506 e. The molecule has 0 fully saturated rings. The van der Waals surface area contributed by atoms with Crippen molar-refractivity contribution in [2.24, 2.45) is 0 Å². The minimum atomic E-state index is -0.748. The molecule has 6 heteroatoms. The lowest BCUT2D eigenvalue weighted by molar-refractivity contribution is 0.0594. The number of hydrogen-bond donors (Lipinski definition) is 1. The number of benzene rings is 1. The predicted octanol–water partition coefficient (Wildman–Crippen LogP) is 1.76. The molecule has 86 valence electrons. The molecule has 0 heterocycles. The maximum Gasteiger partial charge on any atom is 0.342 e. The molecule has 1 aromatic rings. The summed E-state index contributed by atoms with van der Waals surface area (Å²) in [6.45, 7) is 0. The van der Waals surface area contributed by atoms with Gasteiger partial charge in [0, 0.05) is 0 Å². The number of carbonyl (C=O) groups is 2. The summed E-state index contributed by atoms with van der Waals surface area (Å²) in [7, 11) is 2.52. The van der Waals surface area contributed by atoms with E-state index < -0.39 is 5.97 Å². The van der Waals surface area contributed by atoms with Crippen molar-refractivity contribution in [2.75, 3.05) is 14.2 Å². The quantitative estimate of drug-likeness (QED) is 0.678. The van der Waals surface area contributed by atoms with Gasteiger partial charge in [0.15, 0.2) is 6.29 Å². The van der Waals surface area contributed by atoms with Crippen molar-refractivity contribution in [3.63, 3.8) is 0 Å². The summed E-state index contributed by atoms with van der Waals surface area (Å²) in [5, 5.41) is 9.60. The average Bonchev–Trinajstić information content (AvgIpc) is 2.30. The molecule has 0 radical (unpaired) electrons. The van der Waals surface area contributed by atoms with Gasteiger partial charge in [-0.2, -0.15) is 0 Å². The van der Waals surface area contributed by atoms with E-state index in [0.29, 0.717) is 6.29 Å². The van der Waals surface area contributed by atoms with Crippen LogP contribution >= 0.6 is 15.9 Å². The first kappa shape index (κ1) is 12.5. The smallest absolute Gasteiger partial charge is 0.342 e. The Morgan fingerprint density at radius 3 is 2.56 bits per heavy atom. The molecule has 0 aliphatic rings. The van der Waals surface area contributed by atoms with Gasteiger partial charge in [0.25, 0.3) is 0 Å². The van der Waals surface area contributed by atoms with Crippen LogP contribution in [0.25, 0.3) is 0 Å². The van der Waals surface area contributed by atoms with Crippen LogP contribution in [0, 0.1) is 0 Å². The van der Waals surface area contributed by atoms with Gasteiger partial charge in [0.1, 0.15) is 17.1 Å². The van der Waals surface area contributed by atoms with E-state index in [1.807, 2.05) is 0 Å². The fourth-order valence-electron chi connectivity index (χ4n) is 1.22. The highest BCUT2D eigenvalue weighted by molar-refractivity contribution is 9.10. The van der Waals surface area contributed by atoms with Crippen LogP contribution in [0.15, 0.2) is 10.5 Å². The van der Waals surface area contributed by atoms with Crippen LogP contribution in [0.3, 0.4) is 0 Å². The molecular weight excluding hydrogens is 280 g/mol. The molecule has 0 saturated heterocycles. The molecule has 0 aliphatic heterocycles. The van der Waals surface area contributed by atoms with Gasteiger partial charge in [-0.1, -0.05) is 0 Å². The summed E-state index contributed by atoms with van der Waals surface area (Å²) in [6.07, 6.45) is 0.370. The molecule has 0 bridgehead atoms. The zero-order valence-corrected chi connectivity index (χ0v) is 10.2. The number of methoxy groups -OCH3 is 2. The Morgan fingerprint density at radius 2 is 2.12 bits per heavy atom. The maximum atomic E-state index is 11.4. The van der Waals surface area contributed by atoms with E-state index >= 15 is 0 Å². The van der Waals surface area contributed by atoms with Crippen LogP contribution in [0.1, 0.15) is 20.7 Å². The lowest BCUT2D eigenvalue weighted by Crippen LogP contribution is -2.08. The van der Waals surface area contributed by atoms with Crippen molar-refractivity contribution >= 4 is 28.2 Å². The van der Waals surface area contributed by atoms with Crippen LogP contribution in [-0.4, -0.2) is 31.6 Å². The van der Waals surface area contributed by atoms with Crippen LogP contribution in [0.2, 0.25) is 0 Å². The van der Waals surface area contributed by atoms with Crippen molar-refractivity contribution in [1.29, 1.82) is 0 Å². The van der Waals surface area contributed by atoms with Crippen LogP contribution in [0.4, 0.5) is 0 Å². The van der Waals surface area contributed by atoms with Gasteiger partial charge >= 0.3 is 5.97 Å². The van der Waals surface area contributed by atoms with Gasteiger partial charge in [-0.25, -0.2) is 4.79 Å². The standard InChI is InChI=1S/C10H9BrO5/c1-15-7-3-6(11)9(13)5(4-12)8(7)10(14)16-2/h3-4,13H,1-2H3. The number of hydrogen-bond acceptors (Lipinski definition) is 5. The van der Waals surface area contributed by atoms with Crippen molar-refractivity contribution in [3.05, 3.63) is 21.7 Å². The molecule has 0 unspecified atom stereocenters. The van der Waals surface area contributed by atoms with Crippen molar-refractivity contribution in [2.45, 2.75) is 0 Å².